The predicted octanol–water partition coefficient (Wildman–Crippen LogP) is 1.24. The van der Waals surface area contributed by atoms with Crippen molar-refractivity contribution in [1.82, 2.24) is 19.9 Å². The summed E-state index contributed by atoms with van der Waals surface area (Å²) >= 11 is 0. The molecule has 2 heterocycles. The molecule has 7 nitrogen and oxygen atoms in total. The first-order valence-electron chi connectivity index (χ1n) is 7.69. The van der Waals surface area contributed by atoms with E-state index in [1.54, 1.807) is 0 Å². The third-order valence-electron chi connectivity index (χ3n) is 3.86. The second kappa shape index (κ2) is 6.87. The van der Waals surface area contributed by atoms with E-state index in [4.69, 9.17) is 0 Å². The summed E-state index contributed by atoms with van der Waals surface area (Å²) in [6.07, 6.45) is 1.42. The van der Waals surface area contributed by atoms with Crippen molar-refractivity contribution < 1.29 is 13.6 Å². The average molecular weight is 360 g/mol. The summed E-state index contributed by atoms with van der Waals surface area (Å²) in [5.74, 6) is -2.20. The van der Waals surface area contributed by atoms with Gasteiger partial charge >= 0.3 is 5.69 Å². The van der Waals surface area contributed by atoms with E-state index in [-0.39, 0.29) is 16.6 Å². The molecular formula is C17H14F2N4O3. The summed E-state index contributed by atoms with van der Waals surface area (Å²) in [6, 6.07) is 5.24. The molecule has 1 amide bonds. The number of rotatable bonds is 4. The van der Waals surface area contributed by atoms with Crippen LogP contribution in [0.15, 0.2) is 46.1 Å². The number of carbonyl (C=O) groups is 1. The van der Waals surface area contributed by atoms with Crippen molar-refractivity contribution in [1.29, 1.82) is 0 Å². The quantitative estimate of drug-likeness (QED) is 0.732. The molecule has 9 heteroatoms. The van der Waals surface area contributed by atoms with Crippen LogP contribution in [-0.2, 0) is 11.3 Å². The van der Waals surface area contributed by atoms with Crippen LogP contribution >= 0.6 is 0 Å². The molecule has 134 valence electrons. The first-order chi connectivity index (χ1) is 12.4. The third kappa shape index (κ3) is 3.37. The van der Waals surface area contributed by atoms with E-state index in [0.29, 0.717) is 6.07 Å². The molecule has 0 aliphatic heterocycles. The van der Waals surface area contributed by atoms with Gasteiger partial charge in [-0.05, 0) is 25.1 Å². The second-order valence-corrected chi connectivity index (χ2v) is 5.68. The minimum Gasteiger partial charge on any atom is -0.348 e. The van der Waals surface area contributed by atoms with Crippen LogP contribution in [0.25, 0.3) is 11.0 Å². The molecule has 0 saturated carbocycles. The number of H-pyrrole nitrogens is 1. The molecule has 2 N–H and O–H groups in total. The molecule has 0 radical (unpaired) electrons. The molecule has 2 aromatic heterocycles. The Bertz CT molecular complexity index is 1110. The number of pyridine rings is 1. The topological polar surface area (TPSA) is 96.8 Å². The minimum absolute atomic E-state index is 0.0868. The number of aromatic nitrogens is 3. The van der Waals surface area contributed by atoms with E-state index in [1.807, 2.05) is 0 Å². The van der Waals surface area contributed by atoms with E-state index in [2.05, 4.69) is 15.3 Å². The highest BCUT2D eigenvalue weighted by atomic mass is 19.1. The number of nitrogens with zero attached hydrogens (tertiary/aromatic N) is 2. The Hall–Kier alpha value is -3.36. The van der Waals surface area contributed by atoms with Gasteiger partial charge in [-0.15, -0.1) is 0 Å². The second-order valence-electron chi connectivity index (χ2n) is 5.68. The number of nitrogens with one attached hydrogen (secondary N) is 2. The fourth-order valence-corrected chi connectivity index (χ4v) is 2.59. The largest absolute Gasteiger partial charge is 0.348 e. The predicted molar refractivity (Wildman–Crippen MR) is 89.5 cm³/mol. The van der Waals surface area contributed by atoms with Crippen molar-refractivity contribution in [2.75, 3.05) is 0 Å². The number of carbonyl (C=O) groups excluding carboxylic acids is 1. The van der Waals surface area contributed by atoms with Crippen molar-refractivity contribution >= 4 is 16.9 Å². The number of benzene rings is 1. The molecule has 3 aromatic rings. The van der Waals surface area contributed by atoms with Crippen molar-refractivity contribution in [3.05, 3.63) is 74.6 Å². The normalized spacial score (nSPS) is 12.1. The highest BCUT2D eigenvalue weighted by Crippen LogP contribution is 2.17. The van der Waals surface area contributed by atoms with Gasteiger partial charge in [0.15, 0.2) is 0 Å². The first kappa shape index (κ1) is 17.5. The molecule has 0 unspecified atom stereocenters. The lowest BCUT2D eigenvalue weighted by Gasteiger charge is -2.15. The van der Waals surface area contributed by atoms with Crippen LogP contribution in [0.5, 0.6) is 0 Å². The lowest BCUT2D eigenvalue weighted by Crippen LogP contribution is -2.41. The van der Waals surface area contributed by atoms with Crippen LogP contribution < -0.4 is 16.6 Å². The minimum atomic E-state index is -0.801. The smallest absolute Gasteiger partial charge is 0.330 e. The SMILES string of the molecule is C[C@H](NC(=O)Cn1c(=O)[nH]c2ncccc2c1=O)c1ccc(F)cc1F. The van der Waals surface area contributed by atoms with Crippen molar-refractivity contribution in [2.24, 2.45) is 0 Å². The highest BCUT2D eigenvalue weighted by molar-refractivity contribution is 5.77. The van der Waals surface area contributed by atoms with Crippen LogP contribution in [0.3, 0.4) is 0 Å². The molecule has 0 bridgehead atoms. The Morgan fingerprint density at radius 2 is 2.08 bits per heavy atom. The van der Waals surface area contributed by atoms with Gasteiger partial charge in [-0.2, -0.15) is 0 Å². The number of hydrogen-bond donors (Lipinski definition) is 2. The lowest BCUT2D eigenvalue weighted by molar-refractivity contribution is -0.122. The average Bonchev–Trinajstić information content (AvgIpc) is 2.58. The maximum absolute atomic E-state index is 13.8. The molecule has 26 heavy (non-hydrogen) atoms. The van der Waals surface area contributed by atoms with Gasteiger partial charge in [0.1, 0.15) is 23.8 Å². The molecule has 0 saturated heterocycles. The van der Waals surface area contributed by atoms with Crippen LogP contribution in [0, 0.1) is 11.6 Å². The Labute approximate surface area is 145 Å². The first-order valence-corrected chi connectivity index (χ1v) is 7.69. The van der Waals surface area contributed by atoms with E-state index < -0.39 is 41.4 Å². The molecule has 0 aliphatic rings. The Kier molecular flexibility index (Phi) is 4.61. The summed E-state index contributed by atoms with van der Waals surface area (Å²) < 4.78 is 27.5. The van der Waals surface area contributed by atoms with Gasteiger partial charge in [-0.3, -0.25) is 19.1 Å². The van der Waals surface area contributed by atoms with Crippen LogP contribution in [-0.4, -0.2) is 20.4 Å². The van der Waals surface area contributed by atoms with Gasteiger partial charge in [0, 0.05) is 17.8 Å². The summed E-state index contributed by atoms with van der Waals surface area (Å²) in [5.41, 5.74) is -1.23. The van der Waals surface area contributed by atoms with Gasteiger partial charge in [-0.1, -0.05) is 6.07 Å². The van der Waals surface area contributed by atoms with E-state index in [9.17, 15) is 23.2 Å². The van der Waals surface area contributed by atoms with Crippen LogP contribution in [0.2, 0.25) is 0 Å². The van der Waals surface area contributed by atoms with Gasteiger partial charge in [-0.25, -0.2) is 18.6 Å². The van der Waals surface area contributed by atoms with Crippen molar-refractivity contribution in [3.63, 3.8) is 0 Å². The molecule has 3 rings (SSSR count). The molecule has 1 atom stereocenters. The maximum Gasteiger partial charge on any atom is 0.330 e. The van der Waals surface area contributed by atoms with E-state index >= 15 is 0 Å². The number of aromatic amines is 1. The highest BCUT2D eigenvalue weighted by Gasteiger charge is 2.16. The van der Waals surface area contributed by atoms with Gasteiger partial charge in [0.25, 0.3) is 5.56 Å². The van der Waals surface area contributed by atoms with Gasteiger partial charge < -0.3 is 5.32 Å². The third-order valence-corrected chi connectivity index (χ3v) is 3.86. The Balaban J connectivity index is 1.83. The van der Waals surface area contributed by atoms with Gasteiger partial charge in [0.05, 0.1) is 11.4 Å². The molecule has 0 aliphatic carbocycles. The monoisotopic (exact) mass is 360 g/mol. The summed E-state index contributed by atoms with van der Waals surface area (Å²) in [6.45, 7) is 0.956. The van der Waals surface area contributed by atoms with Crippen molar-refractivity contribution in [2.45, 2.75) is 19.5 Å². The standard InChI is InChI=1S/C17H14F2N4O3/c1-9(11-5-4-10(18)7-13(11)19)21-14(24)8-23-16(25)12-3-2-6-20-15(12)22-17(23)26/h2-7,9H,8H2,1H3,(H,21,24)(H,20,22,26)/t9-/m0/s1. The fraction of sp³-hybridized carbons (Fsp3) is 0.176. The van der Waals surface area contributed by atoms with Crippen LogP contribution in [0.1, 0.15) is 18.5 Å². The number of fused-ring (bicyclic) bond motifs is 1. The summed E-state index contributed by atoms with van der Waals surface area (Å²) in [5, 5.41) is 2.64. The summed E-state index contributed by atoms with van der Waals surface area (Å²) in [7, 11) is 0. The molecule has 1 aromatic carbocycles. The lowest BCUT2D eigenvalue weighted by atomic mass is 10.1. The summed E-state index contributed by atoms with van der Waals surface area (Å²) in [4.78, 5) is 42.9. The molecular weight excluding hydrogens is 346 g/mol. The molecule has 0 spiro atoms. The maximum atomic E-state index is 13.8. The fourth-order valence-electron chi connectivity index (χ4n) is 2.59. The van der Waals surface area contributed by atoms with Crippen molar-refractivity contribution in [3.8, 4) is 0 Å². The van der Waals surface area contributed by atoms with Gasteiger partial charge in [0.2, 0.25) is 5.91 Å². The van der Waals surface area contributed by atoms with Crippen LogP contribution in [0.4, 0.5) is 8.78 Å². The number of hydrogen-bond acceptors (Lipinski definition) is 4. The number of halogens is 2. The van der Waals surface area contributed by atoms with E-state index in [0.717, 1.165) is 10.6 Å². The zero-order chi connectivity index (χ0) is 18.8. The zero-order valence-electron chi connectivity index (χ0n) is 13.6. The number of amides is 1. The zero-order valence-corrected chi connectivity index (χ0v) is 13.6. The molecule has 0 fully saturated rings. The van der Waals surface area contributed by atoms with E-state index in [1.165, 1.54) is 31.3 Å². The Morgan fingerprint density at radius 1 is 1.31 bits per heavy atom. The Morgan fingerprint density at radius 3 is 2.81 bits per heavy atom.